The first-order valence-corrected chi connectivity index (χ1v) is 5.62. The Morgan fingerprint density at radius 2 is 2.23 bits per heavy atom. The predicted octanol–water partition coefficient (Wildman–Crippen LogP) is 1.15. The van der Waals surface area contributed by atoms with Gasteiger partial charge >= 0.3 is 0 Å². The summed E-state index contributed by atoms with van der Waals surface area (Å²) >= 11 is 0. The lowest BCUT2D eigenvalue weighted by molar-refractivity contribution is 0.602. The summed E-state index contributed by atoms with van der Waals surface area (Å²) < 4.78 is 24.8. The van der Waals surface area contributed by atoms with Gasteiger partial charge in [0.15, 0.2) is 0 Å². The van der Waals surface area contributed by atoms with Crippen molar-refractivity contribution in [1.29, 1.82) is 0 Å². The first-order chi connectivity index (χ1) is 6.05. The van der Waals surface area contributed by atoms with Gasteiger partial charge in [-0.1, -0.05) is 0 Å². The maximum absolute atomic E-state index is 11.2. The van der Waals surface area contributed by atoms with Crippen molar-refractivity contribution in [2.75, 3.05) is 10.5 Å². The van der Waals surface area contributed by atoms with E-state index in [0.717, 1.165) is 0 Å². The number of aromatic nitrogens is 1. The molecule has 1 N–H and O–H groups in total. The van der Waals surface area contributed by atoms with Gasteiger partial charge in [-0.05, 0) is 26.0 Å². The fourth-order valence-electron chi connectivity index (χ4n) is 0.832. The number of anilines is 1. The van der Waals surface area contributed by atoms with E-state index >= 15 is 0 Å². The Kier molecular flexibility index (Phi) is 2.87. The van der Waals surface area contributed by atoms with Gasteiger partial charge in [0.05, 0.1) is 17.1 Å². The van der Waals surface area contributed by atoms with Crippen molar-refractivity contribution in [2.45, 2.75) is 13.8 Å². The van der Waals surface area contributed by atoms with Crippen LogP contribution in [0, 0.1) is 6.92 Å². The van der Waals surface area contributed by atoms with Gasteiger partial charge in [-0.3, -0.25) is 9.71 Å². The maximum Gasteiger partial charge on any atom is 0.232 e. The van der Waals surface area contributed by atoms with Crippen LogP contribution in [0.15, 0.2) is 18.3 Å². The van der Waals surface area contributed by atoms with Crippen LogP contribution in [-0.4, -0.2) is 19.2 Å². The van der Waals surface area contributed by atoms with Crippen LogP contribution in [0.2, 0.25) is 0 Å². The molecule has 0 saturated heterocycles. The predicted molar refractivity (Wildman–Crippen MR) is 52.1 cm³/mol. The molecule has 0 spiro atoms. The third-order valence-electron chi connectivity index (χ3n) is 1.65. The fourth-order valence-corrected chi connectivity index (χ4v) is 1.53. The zero-order valence-corrected chi connectivity index (χ0v) is 8.43. The van der Waals surface area contributed by atoms with E-state index in [1.165, 1.54) is 0 Å². The van der Waals surface area contributed by atoms with E-state index in [0.29, 0.717) is 11.4 Å². The van der Waals surface area contributed by atoms with Gasteiger partial charge < -0.3 is 0 Å². The molecule has 0 aliphatic carbocycles. The van der Waals surface area contributed by atoms with Crippen LogP contribution in [-0.2, 0) is 10.0 Å². The van der Waals surface area contributed by atoms with Gasteiger partial charge in [0.2, 0.25) is 10.0 Å². The molecule has 13 heavy (non-hydrogen) atoms. The molecule has 0 radical (unpaired) electrons. The molecule has 0 unspecified atom stereocenters. The van der Waals surface area contributed by atoms with Crippen molar-refractivity contribution in [2.24, 2.45) is 0 Å². The largest absolute Gasteiger partial charge is 0.282 e. The molecule has 1 rings (SSSR count). The van der Waals surface area contributed by atoms with E-state index in [4.69, 9.17) is 0 Å². The number of hydrogen-bond acceptors (Lipinski definition) is 3. The number of nitrogens with one attached hydrogen (secondary N) is 1. The summed E-state index contributed by atoms with van der Waals surface area (Å²) in [6.45, 7) is 3.35. The van der Waals surface area contributed by atoms with Crippen molar-refractivity contribution in [3.8, 4) is 0 Å². The third-order valence-corrected chi connectivity index (χ3v) is 2.94. The van der Waals surface area contributed by atoms with Crippen molar-refractivity contribution >= 4 is 15.7 Å². The van der Waals surface area contributed by atoms with E-state index in [1.54, 1.807) is 32.2 Å². The minimum absolute atomic E-state index is 0.0708. The molecular formula is C8H12N2O2S. The lowest BCUT2D eigenvalue weighted by atomic mass is 10.3. The van der Waals surface area contributed by atoms with Crippen molar-refractivity contribution in [1.82, 2.24) is 4.98 Å². The standard InChI is InChI=1S/C8H12N2O2S/c1-3-13(11,12)10-8-5-4-6-9-7(8)2/h4-6,10H,3H2,1-2H3. The van der Waals surface area contributed by atoms with E-state index in [2.05, 4.69) is 9.71 Å². The van der Waals surface area contributed by atoms with Gasteiger partial charge in [0, 0.05) is 6.20 Å². The summed E-state index contributed by atoms with van der Waals surface area (Å²) in [6, 6.07) is 3.38. The number of rotatable bonds is 3. The summed E-state index contributed by atoms with van der Waals surface area (Å²) in [5.74, 6) is 0.0708. The molecule has 4 nitrogen and oxygen atoms in total. The highest BCUT2D eigenvalue weighted by atomic mass is 32.2. The Labute approximate surface area is 78.1 Å². The van der Waals surface area contributed by atoms with Gasteiger partial charge in [0.25, 0.3) is 0 Å². The highest BCUT2D eigenvalue weighted by Gasteiger charge is 2.07. The van der Waals surface area contributed by atoms with Crippen LogP contribution in [0.5, 0.6) is 0 Å². The average molecular weight is 200 g/mol. The molecular weight excluding hydrogens is 188 g/mol. The van der Waals surface area contributed by atoms with Crippen LogP contribution in [0.1, 0.15) is 12.6 Å². The average Bonchev–Trinajstić information content (AvgIpc) is 2.09. The summed E-state index contributed by atoms with van der Waals surface area (Å²) in [6.07, 6.45) is 1.62. The van der Waals surface area contributed by atoms with Crippen LogP contribution in [0.4, 0.5) is 5.69 Å². The summed E-state index contributed by atoms with van der Waals surface area (Å²) in [5.41, 5.74) is 1.23. The van der Waals surface area contributed by atoms with Gasteiger partial charge in [-0.2, -0.15) is 0 Å². The van der Waals surface area contributed by atoms with Crippen molar-refractivity contribution in [3.63, 3.8) is 0 Å². The molecule has 0 aliphatic rings. The van der Waals surface area contributed by atoms with Crippen molar-refractivity contribution < 1.29 is 8.42 Å². The highest BCUT2D eigenvalue weighted by Crippen LogP contribution is 2.11. The minimum atomic E-state index is -3.19. The smallest absolute Gasteiger partial charge is 0.232 e. The number of nitrogens with zero attached hydrogens (tertiary/aromatic N) is 1. The number of sulfonamides is 1. The number of hydrogen-bond donors (Lipinski definition) is 1. The lowest BCUT2D eigenvalue weighted by Crippen LogP contribution is -2.15. The first-order valence-electron chi connectivity index (χ1n) is 3.97. The second kappa shape index (κ2) is 3.74. The highest BCUT2D eigenvalue weighted by molar-refractivity contribution is 7.92. The van der Waals surface area contributed by atoms with Gasteiger partial charge in [-0.25, -0.2) is 8.42 Å². The topological polar surface area (TPSA) is 59.1 Å². The Hall–Kier alpha value is -1.10. The zero-order valence-electron chi connectivity index (χ0n) is 7.61. The Morgan fingerprint density at radius 3 is 2.77 bits per heavy atom. The fraction of sp³-hybridized carbons (Fsp3) is 0.375. The van der Waals surface area contributed by atoms with Crippen LogP contribution < -0.4 is 4.72 Å². The van der Waals surface area contributed by atoms with E-state index in [1.807, 2.05) is 0 Å². The maximum atomic E-state index is 11.2. The van der Waals surface area contributed by atoms with Gasteiger partial charge in [-0.15, -0.1) is 0 Å². The molecule has 0 saturated carbocycles. The molecule has 72 valence electrons. The normalized spacial score (nSPS) is 11.2. The second-order valence-corrected chi connectivity index (χ2v) is 4.65. The zero-order chi connectivity index (χ0) is 9.90. The number of aryl methyl sites for hydroxylation is 1. The minimum Gasteiger partial charge on any atom is -0.282 e. The summed E-state index contributed by atoms with van der Waals surface area (Å²) in [4.78, 5) is 3.97. The summed E-state index contributed by atoms with van der Waals surface area (Å²) in [7, 11) is -3.19. The second-order valence-electron chi connectivity index (χ2n) is 2.64. The van der Waals surface area contributed by atoms with Crippen LogP contribution in [0.25, 0.3) is 0 Å². The SMILES string of the molecule is CCS(=O)(=O)Nc1cccnc1C. The third kappa shape index (κ3) is 2.69. The quantitative estimate of drug-likeness (QED) is 0.796. The number of pyridine rings is 1. The Balaban J connectivity index is 2.93. The van der Waals surface area contributed by atoms with Gasteiger partial charge in [0.1, 0.15) is 0 Å². The van der Waals surface area contributed by atoms with E-state index in [9.17, 15) is 8.42 Å². The molecule has 5 heteroatoms. The first kappa shape index (κ1) is 9.98. The molecule has 0 aromatic carbocycles. The molecule has 0 amide bonds. The lowest BCUT2D eigenvalue weighted by Gasteiger charge is -2.07. The molecule has 0 atom stereocenters. The monoisotopic (exact) mass is 200 g/mol. The van der Waals surface area contributed by atoms with E-state index < -0.39 is 10.0 Å². The molecule has 1 aromatic rings. The molecule has 0 aliphatic heterocycles. The molecule has 1 aromatic heterocycles. The summed E-state index contributed by atoms with van der Waals surface area (Å²) in [5, 5.41) is 0. The molecule has 0 bridgehead atoms. The van der Waals surface area contributed by atoms with E-state index in [-0.39, 0.29) is 5.75 Å². The van der Waals surface area contributed by atoms with Crippen LogP contribution >= 0.6 is 0 Å². The Morgan fingerprint density at radius 1 is 1.54 bits per heavy atom. The molecule has 0 fully saturated rings. The molecule has 1 heterocycles. The van der Waals surface area contributed by atoms with Crippen LogP contribution in [0.3, 0.4) is 0 Å². The van der Waals surface area contributed by atoms with Crippen molar-refractivity contribution in [3.05, 3.63) is 24.0 Å². The Bertz CT molecular complexity index is 387.